The predicted molar refractivity (Wildman–Crippen MR) is 129 cm³/mol. The minimum absolute atomic E-state index is 0.140. The van der Waals surface area contributed by atoms with E-state index in [-0.39, 0.29) is 5.91 Å². The van der Waals surface area contributed by atoms with Gasteiger partial charge in [0, 0.05) is 54.8 Å². The number of benzene rings is 2. The van der Waals surface area contributed by atoms with Crippen LogP contribution in [0.1, 0.15) is 19.4 Å². The van der Waals surface area contributed by atoms with Crippen molar-refractivity contribution in [2.24, 2.45) is 0 Å². The standard InChI is InChI=1S/C25H28N2O5S/c1-4-31-23-16-24-21(22(17-32-24)19-8-6-5-7-9-19)15-20(23)18(2)14-25(28)26-10-12-27(13-11-26)33(3,29)30/h5-9,14-17H,4,10-13H2,1-3H3/b18-14+. The Kier molecular flexibility index (Phi) is 6.58. The van der Waals surface area contributed by atoms with E-state index < -0.39 is 10.0 Å². The molecule has 0 atom stereocenters. The van der Waals surface area contributed by atoms with Gasteiger partial charge in [-0.15, -0.1) is 0 Å². The molecule has 1 aliphatic heterocycles. The monoisotopic (exact) mass is 468 g/mol. The Hall–Kier alpha value is -3.10. The van der Waals surface area contributed by atoms with Crippen molar-refractivity contribution in [2.45, 2.75) is 13.8 Å². The highest BCUT2D eigenvalue weighted by Crippen LogP contribution is 2.37. The summed E-state index contributed by atoms with van der Waals surface area (Å²) >= 11 is 0. The lowest BCUT2D eigenvalue weighted by Gasteiger charge is -2.32. The van der Waals surface area contributed by atoms with Gasteiger partial charge in [0.25, 0.3) is 0 Å². The number of fused-ring (bicyclic) bond motifs is 1. The highest BCUT2D eigenvalue weighted by molar-refractivity contribution is 7.88. The molecular weight excluding hydrogens is 440 g/mol. The zero-order chi connectivity index (χ0) is 23.6. The molecular formula is C25H28N2O5S. The van der Waals surface area contributed by atoms with E-state index in [1.807, 2.05) is 56.3 Å². The maximum absolute atomic E-state index is 12.9. The summed E-state index contributed by atoms with van der Waals surface area (Å²) in [5.74, 6) is 0.515. The topological polar surface area (TPSA) is 80.1 Å². The van der Waals surface area contributed by atoms with Crippen LogP contribution in [0.5, 0.6) is 5.75 Å². The first-order valence-corrected chi connectivity index (χ1v) is 12.8. The number of piperazine rings is 1. The normalized spacial score (nSPS) is 15.7. The lowest BCUT2D eigenvalue weighted by atomic mass is 9.99. The molecule has 1 saturated heterocycles. The Morgan fingerprint density at radius 2 is 1.82 bits per heavy atom. The van der Waals surface area contributed by atoms with E-state index in [0.29, 0.717) is 38.5 Å². The van der Waals surface area contributed by atoms with E-state index in [0.717, 1.165) is 33.2 Å². The minimum Gasteiger partial charge on any atom is -0.493 e. The Bertz CT molecular complexity index is 1290. The van der Waals surface area contributed by atoms with E-state index in [4.69, 9.17) is 9.15 Å². The largest absolute Gasteiger partial charge is 0.493 e. The number of nitrogens with zero attached hydrogens (tertiary/aromatic N) is 2. The van der Waals surface area contributed by atoms with E-state index in [2.05, 4.69) is 0 Å². The molecule has 0 aliphatic carbocycles. The van der Waals surface area contributed by atoms with Crippen molar-refractivity contribution < 1.29 is 22.4 Å². The molecule has 0 unspecified atom stereocenters. The van der Waals surface area contributed by atoms with E-state index in [9.17, 15) is 13.2 Å². The van der Waals surface area contributed by atoms with Crippen LogP contribution >= 0.6 is 0 Å². The van der Waals surface area contributed by atoms with Gasteiger partial charge in [0.1, 0.15) is 11.3 Å². The Labute approximate surface area is 194 Å². The molecule has 3 aromatic rings. The molecule has 7 nitrogen and oxygen atoms in total. The molecule has 1 aromatic heterocycles. The number of carbonyl (C=O) groups is 1. The molecule has 0 N–H and O–H groups in total. The average molecular weight is 469 g/mol. The van der Waals surface area contributed by atoms with Gasteiger partial charge >= 0.3 is 0 Å². The molecule has 1 fully saturated rings. The summed E-state index contributed by atoms with van der Waals surface area (Å²) in [6.07, 6.45) is 4.53. The lowest BCUT2D eigenvalue weighted by Crippen LogP contribution is -2.49. The van der Waals surface area contributed by atoms with Crippen LogP contribution in [0.2, 0.25) is 0 Å². The van der Waals surface area contributed by atoms with Crippen LogP contribution in [0.4, 0.5) is 0 Å². The number of amides is 1. The van der Waals surface area contributed by atoms with E-state index in [1.165, 1.54) is 10.6 Å². The SMILES string of the molecule is CCOc1cc2occ(-c3ccccc3)c2cc1/C(C)=C/C(=O)N1CCN(S(C)(=O)=O)CC1. The van der Waals surface area contributed by atoms with Crippen molar-refractivity contribution in [1.29, 1.82) is 0 Å². The smallest absolute Gasteiger partial charge is 0.246 e. The molecule has 33 heavy (non-hydrogen) atoms. The first kappa shape index (κ1) is 23.1. The number of hydrogen-bond donors (Lipinski definition) is 0. The van der Waals surface area contributed by atoms with Crippen LogP contribution in [-0.4, -0.2) is 62.6 Å². The summed E-state index contributed by atoms with van der Waals surface area (Å²) in [6.45, 7) is 5.64. The molecule has 2 aromatic carbocycles. The third-order valence-electron chi connectivity index (χ3n) is 5.84. The molecule has 1 aliphatic rings. The molecule has 0 bridgehead atoms. The summed E-state index contributed by atoms with van der Waals surface area (Å²) < 4.78 is 36.5. The molecule has 2 heterocycles. The second kappa shape index (κ2) is 9.41. The molecule has 4 rings (SSSR count). The summed E-state index contributed by atoms with van der Waals surface area (Å²) in [4.78, 5) is 14.6. The number of ether oxygens (including phenoxy) is 1. The van der Waals surface area contributed by atoms with Gasteiger partial charge in [0.15, 0.2) is 0 Å². The van der Waals surface area contributed by atoms with Crippen LogP contribution in [-0.2, 0) is 14.8 Å². The van der Waals surface area contributed by atoms with Crippen molar-refractivity contribution in [1.82, 2.24) is 9.21 Å². The Morgan fingerprint density at radius 1 is 1.12 bits per heavy atom. The van der Waals surface area contributed by atoms with Crippen LogP contribution in [0.15, 0.2) is 59.2 Å². The number of hydrogen-bond acceptors (Lipinski definition) is 5. The predicted octanol–water partition coefficient (Wildman–Crippen LogP) is 4.01. The average Bonchev–Trinajstić information content (AvgIpc) is 3.21. The second-order valence-corrected chi connectivity index (χ2v) is 10.1. The molecule has 0 spiro atoms. The first-order chi connectivity index (χ1) is 15.8. The van der Waals surface area contributed by atoms with Gasteiger partial charge in [0.05, 0.1) is 19.1 Å². The molecule has 8 heteroatoms. The van der Waals surface area contributed by atoms with Crippen LogP contribution in [0.3, 0.4) is 0 Å². The van der Waals surface area contributed by atoms with Crippen LogP contribution in [0.25, 0.3) is 27.7 Å². The fourth-order valence-corrected chi connectivity index (χ4v) is 4.90. The van der Waals surface area contributed by atoms with Gasteiger partial charge < -0.3 is 14.1 Å². The quantitative estimate of drug-likeness (QED) is 0.511. The molecule has 1 amide bonds. The minimum atomic E-state index is -3.24. The van der Waals surface area contributed by atoms with Crippen LogP contribution < -0.4 is 4.74 Å². The molecule has 174 valence electrons. The third kappa shape index (κ3) is 4.96. The fraction of sp³-hybridized carbons (Fsp3) is 0.320. The van der Waals surface area contributed by atoms with Gasteiger partial charge in [-0.1, -0.05) is 30.3 Å². The van der Waals surface area contributed by atoms with Gasteiger partial charge in [0.2, 0.25) is 15.9 Å². The molecule has 0 radical (unpaired) electrons. The van der Waals surface area contributed by atoms with Crippen molar-refractivity contribution in [2.75, 3.05) is 39.0 Å². The van der Waals surface area contributed by atoms with Crippen molar-refractivity contribution in [3.05, 3.63) is 60.4 Å². The third-order valence-corrected chi connectivity index (χ3v) is 7.15. The Balaban J connectivity index is 1.65. The Morgan fingerprint density at radius 3 is 2.45 bits per heavy atom. The van der Waals surface area contributed by atoms with Gasteiger partial charge in [-0.25, -0.2) is 8.42 Å². The lowest BCUT2D eigenvalue weighted by molar-refractivity contribution is -0.127. The number of allylic oxidation sites excluding steroid dienone is 1. The van der Waals surface area contributed by atoms with Crippen molar-refractivity contribution >= 4 is 32.5 Å². The molecule has 0 saturated carbocycles. The van der Waals surface area contributed by atoms with Crippen molar-refractivity contribution in [3.63, 3.8) is 0 Å². The summed E-state index contributed by atoms with van der Waals surface area (Å²) in [5, 5.41) is 0.946. The zero-order valence-corrected chi connectivity index (χ0v) is 19.9. The number of furan rings is 1. The van der Waals surface area contributed by atoms with Crippen molar-refractivity contribution in [3.8, 4) is 16.9 Å². The van der Waals surface area contributed by atoms with Gasteiger partial charge in [-0.2, -0.15) is 4.31 Å². The highest BCUT2D eigenvalue weighted by Gasteiger charge is 2.25. The summed E-state index contributed by atoms with van der Waals surface area (Å²) in [5.41, 5.74) is 4.35. The maximum atomic E-state index is 12.9. The number of rotatable bonds is 6. The van der Waals surface area contributed by atoms with Gasteiger partial charge in [-0.05, 0) is 31.1 Å². The number of sulfonamides is 1. The van der Waals surface area contributed by atoms with Crippen LogP contribution in [0, 0.1) is 0 Å². The summed E-state index contributed by atoms with van der Waals surface area (Å²) in [7, 11) is -3.24. The second-order valence-electron chi connectivity index (χ2n) is 8.11. The first-order valence-electron chi connectivity index (χ1n) is 10.9. The fourth-order valence-electron chi connectivity index (χ4n) is 4.07. The van der Waals surface area contributed by atoms with E-state index >= 15 is 0 Å². The maximum Gasteiger partial charge on any atom is 0.246 e. The summed E-state index contributed by atoms with van der Waals surface area (Å²) in [6, 6.07) is 13.9. The zero-order valence-electron chi connectivity index (χ0n) is 19.1. The van der Waals surface area contributed by atoms with Gasteiger partial charge in [-0.3, -0.25) is 4.79 Å². The highest BCUT2D eigenvalue weighted by atomic mass is 32.2. The number of carbonyl (C=O) groups excluding carboxylic acids is 1. The van der Waals surface area contributed by atoms with E-state index in [1.54, 1.807) is 17.2 Å².